The summed E-state index contributed by atoms with van der Waals surface area (Å²) in [6.45, 7) is -0.0234. The van der Waals surface area contributed by atoms with Gasteiger partial charge in [0.15, 0.2) is 0 Å². The molecule has 5 amide bonds. The molecule has 2 aliphatic carbocycles. The molecule has 0 aromatic heterocycles. The second-order valence-corrected chi connectivity index (χ2v) is 16.7. The van der Waals surface area contributed by atoms with Crippen LogP contribution in [-0.4, -0.2) is 83.5 Å². The molecular weight excluding hydrogens is 706 g/mol. The number of hydrogen-bond donors (Lipinski definition) is 3. The van der Waals surface area contributed by atoms with Crippen molar-refractivity contribution in [2.45, 2.75) is 106 Å². The van der Waals surface area contributed by atoms with Gasteiger partial charge in [0.2, 0.25) is 27.7 Å². The average molecular weight is 750 g/mol. The van der Waals surface area contributed by atoms with Crippen LogP contribution in [0.1, 0.15) is 74.5 Å². The number of fused-ring (bicyclic) bond motifs is 3. The molecule has 7 rings (SSSR count). The number of nitrogens with zero attached hydrogens (tertiary/aromatic N) is 2. The molecule has 2 aromatic carbocycles. The molecule has 2 saturated carbocycles. The highest BCUT2D eigenvalue weighted by molar-refractivity contribution is 7.91. The Morgan fingerprint density at radius 1 is 0.981 bits per heavy atom. The minimum absolute atomic E-state index is 0.00590. The van der Waals surface area contributed by atoms with Gasteiger partial charge in [-0.05, 0) is 55.7 Å². The molecule has 2 aromatic rings. The molecule has 3 fully saturated rings. The van der Waals surface area contributed by atoms with Crippen LogP contribution in [0.3, 0.4) is 0 Å². The molecule has 282 valence electrons. The van der Waals surface area contributed by atoms with Crippen molar-refractivity contribution in [3.8, 4) is 0 Å². The fraction of sp³-hybridized carbons (Fsp3) is 0.500. The van der Waals surface area contributed by atoms with Crippen LogP contribution in [0.2, 0.25) is 0 Å². The summed E-state index contributed by atoms with van der Waals surface area (Å²) in [5, 5.41) is 5.03. The zero-order chi connectivity index (χ0) is 37.3. The number of allylic oxidation sites excluding steroid dienone is 1. The van der Waals surface area contributed by atoms with E-state index in [0.717, 1.165) is 18.4 Å². The summed E-state index contributed by atoms with van der Waals surface area (Å²) in [4.78, 5) is 71.5. The number of nitrogens with one attached hydrogen (secondary N) is 3. The summed E-state index contributed by atoms with van der Waals surface area (Å²) >= 11 is 0. The first kappa shape index (κ1) is 36.6. The van der Waals surface area contributed by atoms with Crippen molar-refractivity contribution in [2.24, 2.45) is 5.92 Å². The first-order valence-electron chi connectivity index (χ1n) is 18.3. The van der Waals surface area contributed by atoms with Crippen LogP contribution in [0.4, 0.5) is 9.18 Å². The largest absolute Gasteiger partial charge is 0.444 e. The Bertz CT molecular complexity index is 1920. The van der Waals surface area contributed by atoms with E-state index >= 15 is 0 Å². The highest BCUT2D eigenvalue weighted by atomic mass is 32.2. The van der Waals surface area contributed by atoms with E-state index in [2.05, 4.69) is 15.4 Å². The Balaban J connectivity index is 1.13. The van der Waals surface area contributed by atoms with E-state index in [9.17, 15) is 36.8 Å². The molecule has 15 heteroatoms. The predicted octanol–water partition coefficient (Wildman–Crippen LogP) is 2.98. The van der Waals surface area contributed by atoms with Gasteiger partial charge in [0, 0.05) is 24.4 Å². The minimum atomic E-state index is -3.92. The summed E-state index contributed by atoms with van der Waals surface area (Å²) in [6.07, 6.45) is 6.21. The summed E-state index contributed by atoms with van der Waals surface area (Å²) in [5.41, 5.74) is 0.271. The molecule has 0 radical (unpaired) electrons. The number of ether oxygens (including phenoxy) is 1. The van der Waals surface area contributed by atoms with Crippen molar-refractivity contribution in [2.75, 3.05) is 6.54 Å². The highest BCUT2D eigenvalue weighted by Gasteiger charge is 2.62. The van der Waals surface area contributed by atoms with E-state index in [1.165, 1.54) is 15.9 Å². The number of benzene rings is 2. The summed E-state index contributed by atoms with van der Waals surface area (Å²) in [7, 11) is -3.92. The van der Waals surface area contributed by atoms with Gasteiger partial charge in [0.05, 0.1) is 24.8 Å². The number of amides is 5. The number of carbonyl (C=O) groups is 5. The molecule has 5 aliphatic rings. The van der Waals surface area contributed by atoms with E-state index < -0.39 is 74.5 Å². The summed E-state index contributed by atoms with van der Waals surface area (Å²) in [6, 6.07) is 11.5. The Kier molecular flexibility index (Phi) is 10.3. The molecule has 3 heterocycles. The molecular formula is C38H44FN5O8S. The van der Waals surface area contributed by atoms with Crippen molar-refractivity contribution >= 4 is 39.7 Å². The minimum Gasteiger partial charge on any atom is -0.444 e. The van der Waals surface area contributed by atoms with Crippen LogP contribution >= 0.6 is 0 Å². The maximum absolute atomic E-state index is 14.4. The number of carbonyl (C=O) groups excluding carboxylic acids is 5. The van der Waals surface area contributed by atoms with E-state index in [1.54, 1.807) is 12.1 Å². The summed E-state index contributed by atoms with van der Waals surface area (Å²) in [5.74, 6) is -3.33. The zero-order valence-corrected chi connectivity index (χ0v) is 30.1. The Morgan fingerprint density at radius 2 is 1.77 bits per heavy atom. The van der Waals surface area contributed by atoms with Gasteiger partial charge in [-0.15, -0.1) is 0 Å². The molecule has 0 spiro atoms. The standard InChI is InChI=1S/C38H44FN5O8S/c39-30-14-9-12-25-21-43(23-29(25)30)37(49)52-27-19-32-34(46)41-38(36(48)42-53(50,51)28-16-17-28)20-26(38)13-7-2-1-3-8-15-31(35(47)44(32)22-27)40-33(45)18-24-10-5-4-6-11-24/h4-7,9-14,26-28,31-32H,1-3,8,15-23H2,(H,40,45)(H,41,46)(H,42,48)/b13-7-/t26-,27-,31+,32+,38-/m1/s1. The van der Waals surface area contributed by atoms with Crippen LogP contribution in [-0.2, 0) is 53.4 Å². The number of rotatable bonds is 7. The van der Waals surface area contributed by atoms with Gasteiger partial charge in [0.1, 0.15) is 29.5 Å². The quantitative estimate of drug-likeness (QED) is 0.363. The van der Waals surface area contributed by atoms with Gasteiger partial charge >= 0.3 is 6.09 Å². The van der Waals surface area contributed by atoms with Crippen LogP contribution in [0.15, 0.2) is 60.7 Å². The van der Waals surface area contributed by atoms with Crippen molar-refractivity contribution in [1.82, 2.24) is 25.2 Å². The first-order chi connectivity index (χ1) is 25.4. The molecule has 0 unspecified atom stereocenters. The van der Waals surface area contributed by atoms with Crippen molar-refractivity contribution in [3.63, 3.8) is 0 Å². The average Bonchev–Trinajstić information content (AvgIpc) is 4.01. The predicted molar refractivity (Wildman–Crippen MR) is 189 cm³/mol. The SMILES string of the molecule is O=C(Cc1ccccc1)N[C@H]1CCCCC/C=C\[C@@H]2C[C@@]2(C(=O)NS(=O)(=O)C2CC2)NC(=O)[C@@H]2C[C@@H](OC(=O)N3Cc4cccc(F)c4C3)CN2C1=O. The molecule has 53 heavy (non-hydrogen) atoms. The Hall–Kier alpha value is -4.79. The number of halogens is 1. The Labute approximate surface area is 307 Å². The Morgan fingerprint density at radius 3 is 2.53 bits per heavy atom. The third kappa shape index (κ3) is 8.09. The van der Waals surface area contributed by atoms with Crippen LogP contribution in [0.5, 0.6) is 0 Å². The maximum Gasteiger partial charge on any atom is 0.410 e. The lowest BCUT2D eigenvalue weighted by Gasteiger charge is -2.30. The topological polar surface area (TPSA) is 171 Å². The van der Waals surface area contributed by atoms with Crippen LogP contribution in [0.25, 0.3) is 0 Å². The number of hydrogen-bond acceptors (Lipinski definition) is 8. The van der Waals surface area contributed by atoms with Crippen molar-refractivity contribution in [1.29, 1.82) is 0 Å². The fourth-order valence-electron chi connectivity index (χ4n) is 7.60. The highest BCUT2D eigenvalue weighted by Crippen LogP contribution is 2.46. The van der Waals surface area contributed by atoms with Gasteiger partial charge in [-0.2, -0.15) is 0 Å². The normalized spacial score (nSPS) is 27.9. The third-order valence-electron chi connectivity index (χ3n) is 10.8. The van der Waals surface area contributed by atoms with E-state index in [0.29, 0.717) is 43.2 Å². The van der Waals surface area contributed by atoms with E-state index in [4.69, 9.17) is 4.74 Å². The fourth-order valence-corrected chi connectivity index (χ4v) is 8.96. The maximum atomic E-state index is 14.4. The molecule has 5 atom stereocenters. The van der Waals surface area contributed by atoms with E-state index in [-0.39, 0.29) is 44.8 Å². The van der Waals surface area contributed by atoms with Gasteiger partial charge < -0.3 is 20.3 Å². The monoisotopic (exact) mass is 749 g/mol. The first-order valence-corrected chi connectivity index (χ1v) is 19.9. The summed E-state index contributed by atoms with van der Waals surface area (Å²) < 4.78 is 48.0. The molecule has 3 N–H and O–H groups in total. The lowest BCUT2D eigenvalue weighted by Crippen LogP contribution is -2.58. The van der Waals surface area contributed by atoms with Gasteiger partial charge in [-0.1, -0.05) is 67.5 Å². The van der Waals surface area contributed by atoms with Gasteiger partial charge in [-0.25, -0.2) is 17.6 Å². The zero-order valence-electron chi connectivity index (χ0n) is 29.3. The smallest absolute Gasteiger partial charge is 0.410 e. The van der Waals surface area contributed by atoms with E-state index in [1.807, 2.05) is 42.5 Å². The van der Waals surface area contributed by atoms with Crippen LogP contribution in [0, 0.1) is 11.7 Å². The molecule has 13 nitrogen and oxygen atoms in total. The lowest BCUT2D eigenvalue weighted by molar-refractivity contribution is -0.142. The third-order valence-corrected chi connectivity index (χ3v) is 12.7. The molecule has 1 saturated heterocycles. The second kappa shape index (κ2) is 14.9. The van der Waals surface area contributed by atoms with Crippen molar-refractivity contribution < 1.29 is 41.5 Å². The number of sulfonamides is 1. The molecule has 3 aliphatic heterocycles. The lowest BCUT2D eigenvalue weighted by atomic mass is 10.0. The van der Waals surface area contributed by atoms with Gasteiger partial charge in [0.25, 0.3) is 5.91 Å². The van der Waals surface area contributed by atoms with Crippen LogP contribution < -0.4 is 15.4 Å². The van der Waals surface area contributed by atoms with Crippen molar-refractivity contribution in [3.05, 3.63) is 83.2 Å². The second-order valence-electron chi connectivity index (χ2n) is 14.8. The molecule has 0 bridgehead atoms. The van der Waals surface area contributed by atoms with Gasteiger partial charge in [-0.3, -0.25) is 28.8 Å².